The van der Waals surface area contributed by atoms with Crippen molar-refractivity contribution in [3.63, 3.8) is 0 Å². The first kappa shape index (κ1) is 21.4. The second kappa shape index (κ2) is 9.96. The van der Waals surface area contributed by atoms with Crippen molar-refractivity contribution in [2.75, 3.05) is 23.7 Å². The van der Waals surface area contributed by atoms with Crippen molar-refractivity contribution in [1.82, 2.24) is 20.1 Å². The summed E-state index contributed by atoms with van der Waals surface area (Å²) in [5, 5.41) is 12.3. The Labute approximate surface area is 185 Å². The monoisotopic (exact) mass is 439 g/mol. The lowest BCUT2D eigenvalue weighted by atomic mass is 10.1. The van der Waals surface area contributed by atoms with Gasteiger partial charge in [0.15, 0.2) is 5.16 Å². The van der Waals surface area contributed by atoms with Crippen LogP contribution in [0.4, 0.5) is 10.3 Å². The van der Waals surface area contributed by atoms with Gasteiger partial charge < -0.3 is 10.2 Å². The third-order valence-electron chi connectivity index (χ3n) is 5.31. The quantitative estimate of drug-likeness (QED) is 0.561. The number of aromatic nitrogens is 3. The zero-order valence-corrected chi connectivity index (χ0v) is 18.4. The van der Waals surface area contributed by atoms with E-state index in [9.17, 15) is 9.18 Å². The van der Waals surface area contributed by atoms with Gasteiger partial charge >= 0.3 is 0 Å². The molecule has 1 N–H and O–H groups in total. The van der Waals surface area contributed by atoms with Crippen LogP contribution in [0.15, 0.2) is 53.7 Å². The topological polar surface area (TPSA) is 63.1 Å². The number of carbonyl (C=O) groups is 1. The molecule has 4 rings (SSSR count). The number of carbonyl (C=O) groups excluding carboxylic acids is 1. The molecule has 2 aromatic carbocycles. The summed E-state index contributed by atoms with van der Waals surface area (Å²) >= 11 is 1.34. The van der Waals surface area contributed by atoms with Crippen LogP contribution in [0.25, 0.3) is 5.69 Å². The van der Waals surface area contributed by atoms with Crippen LogP contribution >= 0.6 is 11.8 Å². The Kier molecular flexibility index (Phi) is 6.86. The summed E-state index contributed by atoms with van der Waals surface area (Å²) in [7, 11) is 0. The second-order valence-electron chi connectivity index (χ2n) is 7.66. The maximum Gasteiger partial charge on any atom is 0.232 e. The first-order valence-corrected chi connectivity index (χ1v) is 11.5. The summed E-state index contributed by atoms with van der Waals surface area (Å²) in [5.74, 6) is 0.503. The van der Waals surface area contributed by atoms with E-state index in [4.69, 9.17) is 0 Å². The lowest BCUT2D eigenvalue weighted by Gasteiger charge is -2.27. The molecule has 1 aliphatic heterocycles. The number of thioether (sulfide) groups is 1. The van der Waals surface area contributed by atoms with Crippen LogP contribution in [0, 0.1) is 12.7 Å². The van der Waals surface area contributed by atoms with E-state index < -0.39 is 0 Å². The molecular formula is C23H26FN5OS. The molecule has 0 spiro atoms. The Hall–Kier alpha value is -2.87. The molecule has 1 aromatic heterocycles. The predicted octanol–water partition coefficient (Wildman–Crippen LogP) is 4.11. The average molecular weight is 440 g/mol. The fourth-order valence-corrected chi connectivity index (χ4v) is 4.37. The number of anilines is 1. The number of hydrogen-bond acceptors (Lipinski definition) is 5. The van der Waals surface area contributed by atoms with Gasteiger partial charge in [-0.2, -0.15) is 0 Å². The molecule has 1 aliphatic rings. The maximum atomic E-state index is 13.8. The summed E-state index contributed by atoms with van der Waals surface area (Å²) in [6.07, 6.45) is 3.52. The normalized spacial score (nSPS) is 13.9. The highest BCUT2D eigenvalue weighted by molar-refractivity contribution is 7.99. The highest BCUT2D eigenvalue weighted by Crippen LogP contribution is 2.28. The number of halogens is 1. The van der Waals surface area contributed by atoms with Crippen molar-refractivity contribution in [1.29, 1.82) is 0 Å². The van der Waals surface area contributed by atoms with Crippen LogP contribution in [0.1, 0.15) is 30.4 Å². The molecule has 1 saturated heterocycles. The number of nitrogens with zero attached hydrogens (tertiary/aromatic N) is 4. The van der Waals surface area contributed by atoms with Gasteiger partial charge in [-0.25, -0.2) is 4.39 Å². The van der Waals surface area contributed by atoms with Crippen LogP contribution in [0.2, 0.25) is 0 Å². The highest BCUT2D eigenvalue weighted by Gasteiger charge is 2.22. The predicted molar refractivity (Wildman–Crippen MR) is 121 cm³/mol. The van der Waals surface area contributed by atoms with Gasteiger partial charge in [0.2, 0.25) is 11.9 Å². The number of piperidine rings is 1. The van der Waals surface area contributed by atoms with Crippen molar-refractivity contribution in [2.24, 2.45) is 0 Å². The average Bonchev–Trinajstić information content (AvgIpc) is 3.22. The number of aryl methyl sites for hydroxylation is 1. The molecule has 162 valence electrons. The molecule has 31 heavy (non-hydrogen) atoms. The molecule has 6 nitrogen and oxygen atoms in total. The molecule has 0 atom stereocenters. The molecule has 1 fully saturated rings. The van der Waals surface area contributed by atoms with Gasteiger partial charge in [-0.1, -0.05) is 47.7 Å². The van der Waals surface area contributed by atoms with Crippen LogP contribution < -0.4 is 10.2 Å². The van der Waals surface area contributed by atoms with E-state index in [1.807, 2.05) is 4.57 Å². The Balaban J connectivity index is 1.48. The summed E-state index contributed by atoms with van der Waals surface area (Å²) in [6.45, 7) is 4.13. The number of hydrogen-bond donors (Lipinski definition) is 1. The van der Waals surface area contributed by atoms with Gasteiger partial charge in [-0.3, -0.25) is 9.36 Å². The Morgan fingerprint density at radius 3 is 2.55 bits per heavy atom. The minimum Gasteiger partial charge on any atom is -0.351 e. The Morgan fingerprint density at radius 2 is 1.81 bits per heavy atom. The molecule has 0 unspecified atom stereocenters. The second-order valence-corrected chi connectivity index (χ2v) is 8.60. The smallest absolute Gasteiger partial charge is 0.232 e. The molecule has 8 heteroatoms. The molecule has 0 radical (unpaired) electrons. The van der Waals surface area contributed by atoms with Gasteiger partial charge in [-0.15, -0.1) is 10.2 Å². The van der Waals surface area contributed by atoms with E-state index in [-0.39, 0.29) is 24.0 Å². The van der Waals surface area contributed by atoms with Crippen LogP contribution in [0.3, 0.4) is 0 Å². The summed E-state index contributed by atoms with van der Waals surface area (Å²) in [4.78, 5) is 14.6. The van der Waals surface area contributed by atoms with Crippen LogP contribution in [-0.4, -0.2) is 39.5 Å². The minimum absolute atomic E-state index is 0.162. The highest BCUT2D eigenvalue weighted by atomic mass is 32.2. The largest absolute Gasteiger partial charge is 0.351 e. The molecule has 3 aromatic rings. The zero-order valence-electron chi connectivity index (χ0n) is 17.6. The third kappa shape index (κ3) is 5.25. The number of rotatable bonds is 7. The van der Waals surface area contributed by atoms with Crippen molar-refractivity contribution >= 4 is 23.6 Å². The molecule has 0 bridgehead atoms. The van der Waals surface area contributed by atoms with E-state index in [0.717, 1.165) is 37.6 Å². The maximum absolute atomic E-state index is 13.8. The van der Waals surface area contributed by atoms with Crippen LogP contribution in [-0.2, 0) is 11.3 Å². The van der Waals surface area contributed by atoms with E-state index in [1.165, 1.54) is 29.8 Å². The van der Waals surface area contributed by atoms with Crippen molar-refractivity contribution in [2.45, 2.75) is 37.9 Å². The zero-order chi connectivity index (χ0) is 21.6. The fraction of sp³-hybridized carbons (Fsp3) is 0.348. The van der Waals surface area contributed by atoms with Gasteiger partial charge in [0.05, 0.1) is 11.4 Å². The lowest BCUT2D eigenvalue weighted by molar-refractivity contribution is -0.118. The van der Waals surface area contributed by atoms with Gasteiger partial charge in [0.25, 0.3) is 0 Å². The van der Waals surface area contributed by atoms with Gasteiger partial charge in [0.1, 0.15) is 5.82 Å². The fourth-order valence-electron chi connectivity index (χ4n) is 3.59. The van der Waals surface area contributed by atoms with E-state index >= 15 is 0 Å². The number of nitrogens with one attached hydrogen (secondary N) is 1. The van der Waals surface area contributed by atoms with Crippen molar-refractivity contribution in [3.8, 4) is 5.69 Å². The molecule has 1 amide bonds. The summed E-state index contributed by atoms with van der Waals surface area (Å²) in [6, 6.07) is 14.7. The number of benzene rings is 2. The van der Waals surface area contributed by atoms with E-state index in [0.29, 0.717) is 10.7 Å². The first-order valence-electron chi connectivity index (χ1n) is 10.5. The van der Waals surface area contributed by atoms with Crippen LogP contribution in [0.5, 0.6) is 0 Å². The number of amides is 1. The van der Waals surface area contributed by atoms with E-state index in [2.05, 4.69) is 51.6 Å². The summed E-state index contributed by atoms with van der Waals surface area (Å²) in [5.41, 5.74) is 2.62. The minimum atomic E-state index is -0.319. The molecular weight excluding hydrogens is 413 g/mol. The third-order valence-corrected chi connectivity index (χ3v) is 6.24. The molecule has 0 saturated carbocycles. The van der Waals surface area contributed by atoms with Crippen molar-refractivity contribution < 1.29 is 9.18 Å². The Morgan fingerprint density at radius 1 is 1.06 bits per heavy atom. The van der Waals surface area contributed by atoms with Gasteiger partial charge in [-0.05, 0) is 44.4 Å². The Bertz CT molecular complexity index is 1030. The van der Waals surface area contributed by atoms with Gasteiger partial charge in [0, 0.05) is 25.2 Å². The molecule has 2 heterocycles. The molecule has 0 aliphatic carbocycles. The lowest BCUT2D eigenvalue weighted by Crippen LogP contribution is -2.31. The standard InChI is InChI=1S/C23H26FN5OS/c1-17-9-11-19(12-10-17)29-22(28-13-5-2-6-14-28)26-27-23(29)31-16-21(30)25-15-18-7-3-4-8-20(18)24/h3-4,7-12H,2,5-6,13-16H2,1H3,(H,25,30). The first-order chi connectivity index (χ1) is 15.1. The SMILES string of the molecule is Cc1ccc(-n2c(SCC(=O)NCc3ccccc3F)nnc2N2CCCCC2)cc1. The summed E-state index contributed by atoms with van der Waals surface area (Å²) < 4.78 is 15.8. The van der Waals surface area contributed by atoms with E-state index in [1.54, 1.807) is 18.2 Å². The van der Waals surface area contributed by atoms with Crippen molar-refractivity contribution in [3.05, 3.63) is 65.5 Å².